The van der Waals surface area contributed by atoms with E-state index in [4.69, 9.17) is 5.73 Å². The molecule has 0 aliphatic heterocycles. The number of benzene rings is 1. The summed E-state index contributed by atoms with van der Waals surface area (Å²) in [5.41, 5.74) is 0.802. The van der Waals surface area contributed by atoms with Gasteiger partial charge < -0.3 is 41.9 Å². The van der Waals surface area contributed by atoms with Crippen molar-refractivity contribution in [1.82, 2.24) is 10.2 Å². The molecule has 6 atom stereocenters. The quantitative estimate of drug-likeness (QED) is 0.152. The van der Waals surface area contributed by atoms with Crippen LogP contribution in [0.1, 0.15) is 42.6 Å². The van der Waals surface area contributed by atoms with Crippen LogP contribution in [0.25, 0.3) is 0 Å². The minimum absolute atomic E-state index is 0. The van der Waals surface area contributed by atoms with Crippen LogP contribution < -0.4 is 16.4 Å². The van der Waals surface area contributed by atoms with Gasteiger partial charge in [0.15, 0.2) is 17.1 Å². The molecule has 4 unspecified atom stereocenters. The van der Waals surface area contributed by atoms with Gasteiger partial charge in [0.25, 0.3) is 5.91 Å². The Hall–Kier alpha value is -3.20. The van der Waals surface area contributed by atoms with E-state index in [1.807, 2.05) is 13.8 Å². The highest BCUT2D eigenvalue weighted by Crippen LogP contribution is 2.56. The molecule has 1 aromatic carbocycles. The van der Waals surface area contributed by atoms with Crippen molar-refractivity contribution in [3.05, 3.63) is 45.9 Å². The minimum atomic E-state index is -2.99. The molecule has 0 aromatic heterocycles. The van der Waals surface area contributed by atoms with Crippen molar-refractivity contribution >= 4 is 53.9 Å². The molecule has 3 aliphatic carbocycles. The number of nitrogens with two attached hydrogens (primary N) is 1. The molecule has 1 aromatic rings. The number of ketones is 2. The summed E-state index contributed by atoms with van der Waals surface area (Å²) < 4.78 is 0. The van der Waals surface area contributed by atoms with E-state index in [1.54, 1.807) is 6.92 Å². The number of nitrogens with zero attached hydrogens (tertiary/aromatic N) is 1. The summed E-state index contributed by atoms with van der Waals surface area (Å²) in [6.07, 6.45) is -1.68. The molecule has 43 heavy (non-hydrogen) atoms. The summed E-state index contributed by atoms with van der Waals surface area (Å²) in [7, 11) is 2.94. The summed E-state index contributed by atoms with van der Waals surface area (Å²) in [6.45, 7) is 6.11. The summed E-state index contributed by atoms with van der Waals surface area (Å²) in [6, 6.07) is 1.59. The molecule has 0 saturated heterocycles. The van der Waals surface area contributed by atoms with E-state index >= 15 is 0 Å². The molecule has 3 aliphatic rings. The van der Waals surface area contributed by atoms with E-state index < -0.39 is 87.3 Å². The van der Waals surface area contributed by atoms with E-state index in [1.165, 1.54) is 31.1 Å². The fourth-order valence-electron chi connectivity index (χ4n) is 6.39. The SMILES string of the molecule is CC(C)CNCC(=O)Nc1ccc2c(c1O)C(=O)C1=C(O)[C@]3(O)C(=O)C(C(N)=O)=C(O)[C@@H](N(C)C)C3C(O)C1C2C.Cl.Cl. The molecule has 238 valence electrons. The molecule has 9 N–H and O–H groups in total. The standard InChI is InChI=1S/C28H36N4O9.2ClH/c1-10(2)8-30-9-14(33)31-13-7-6-12-11(3)15-17(22(35)16(12)21(13)34)25(38)28(41)19(23(15)36)20(32(4)5)24(37)18(26(28)39)27(29)40;;/h6-7,10-11,15,19-20,23,30,34,36-38,41H,8-9H2,1-5H3,(H2,29,40)(H,31,33);2*1H/t11?,15?,19?,20-,23?,28-;;/m0../s1. The fraction of sp³-hybridized carbons (Fsp3) is 0.500. The van der Waals surface area contributed by atoms with Crippen LogP contribution >= 0.6 is 24.8 Å². The number of fused-ring (bicyclic) bond motifs is 3. The van der Waals surface area contributed by atoms with Gasteiger partial charge in [-0.1, -0.05) is 26.8 Å². The second kappa shape index (κ2) is 12.8. The Kier molecular flexibility index (Phi) is 10.7. The number of aliphatic hydroxyl groups excluding tert-OH is 3. The minimum Gasteiger partial charge on any atom is -0.510 e. The zero-order valence-corrected chi connectivity index (χ0v) is 25.9. The maximum Gasteiger partial charge on any atom is 0.255 e. The molecule has 0 saturated carbocycles. The van der Waals surface area contributed by atoms with Crippen LogP contribution in [0.2, 0.25) is 0 Å². The van der Waals surface area contributed by atoms with E-state index in [2.05, 4.69) is 10.6 Å². The number of carbonyl (C=O) groups is 4. The van der Waals surface area contributed by atoms with Gasteiger partial charge in [0.2, 0.25) is 11.7 Å². The smallest absolute Gasteiger partial charge is 0.255 e. The predicted molar refractivity (Wildman–Crippen MR) is 161 cm³/mol. The lowest BCUT2D eigenvalue weighted by atomic mass is 9.55. The van der Waals surface area contributed by atoms with E-state index in [9.17, 15) is 44.7 Å². The number of Topliss-reactive ketones (excluding diaryl/α,β-unsaturated/α-hetero) is 2. The number of aromatic hydroxyl groups is 1. The molecule has 0 radical (unpaired) electrons. The third-order valence-corrected chi connectivity index (χ3v) is 8.24. The summed E-state index contributed by atoms with van der Waals surface area (Å²) in [5, 5.41) is 62.2. The summed E-state index contributed by atoms with van der Waals surface area (Å²) >= 11 is 0. The lowest BCUT2D eigenvalue weighted by Gasteiger charge is -2.53. The molecular weight excluding hydrogens is 607 g/mol. The number of anilines is 1. The average molecular weight is 646 g/mol. The highest BCUT2D eigenvalue weighted by atomic mass is 35.5. The van der Waals surface area contributed by atoms with Crippen molar-refractivity contribution in [2.75, 3.05) is 32.5 Å². The van der Waals surface area contributed by atoms with Crippen molar-refractivity contribution < 1.29 is 44.7 Å². The van der Waals surface area contributed by atoms with Gasteiger partial charge in [0.05, 0.1) is 35.9 Å². The summed E-state index contributed by atoms with van der Waals surface area (Å²) in [5.74, 6) is -9.95. The normalized spacial score (nSPS) is 28.1. The van der Waals surface area contributed by atoms with E-state index in [-0.39, 0.29) is 42.6 Å². The van der Waals surface area contributed by atoms with Crippen LogP contribution in [0.15, 0.2) is 34.8 Å². The van der Waals surface area contributed by atoms with E-state index in [0.29, 0.717) is 18.0 Å². The molecule has 0 fully saturated rings. The Balaban J connectivity index is 0.00000323. The van der Waals surface area contributed by atoms with Crippen molar-refractivity contribution in [1.29, 1.82) is 0 Å². The van der Waals surface area contributed by atoms with E-state index in [0.717, 1.165) is 0 Å². The number of likely N-dealkylation sites (N-methyl/N-ethyl adjacent to an activating group) is 1. The first-order chi connectivity index (χ1) is 19.1. The third-order valence-electron chi connectivity index (χ3n) is 8.24. The predicted octanol–water partition coefficient (Wildman–Crippen LogP) is 0.680. The highest BCUT2D eigenvalue weighted by Gasteiger charge is 2.67. The van der Waals surface area contributed by atoms with Crippen molar-refractivity contribution in [2.45, 2.75) is 44.4 Å². The maximum absolute atomic E-state index is 13.9. The lowest BCUT2D eigenvalue weighted by Crippen LogP contribution is -2.68. The Morgan fingerprint density at radius 3 is 2.26 bits per heavy atom. The van der Waals surface area contributed by atoms with Crippen LogP contribution in [0, 0.1) is 17.8 Å². The number of hydrogen-bond acceptors (Lipinski definition) is 11. The second-order valence-electron chi connectivity index (χ2n) is 11.5. The number of halogens is 2. The number of phenolic OH excluding ortho intramolecular Hbond substituents is 1. The average Bonchev–Trinajstić information content (AvgIpc) is 2.87. The fourth-order valence-corrected chi connectivity index (χ4v) is 6.39. The number of phenols is 1. The molecule has 15 heteroatoms. The second-order valence-corrected chi connectivity index (χ2v) is 11.5. The monoisotopic (exact) mass is 644 g/mol. The van der Waals surface area contributed by atoms with Crippen molar-refractivity contribution in [3.8, 4) is 5.75 Å². The largest absolute Gasteiger partial charge is 0.510 e. The summed E-state index contributed by atoms with van der Waals surface area (Å²) in [4.78, 5) is 53.2. The number of primary amides is 1. The number of hydrogen-bond donors (Lipinski definition) is 8. The maximum atomic E-state index is 13.9. The first-order valence-corrected chi connectivity index (χ1v) is 13.3. The third kappa shape index (κ3) is 5.49. The molecule has 0 bridgehead atoms. The Morgan fingerprint density at radius 2 is 1.72 bits per heavy atom. The van der Waals surface area contributed by atoms with Crippen molar-refractivity contribution in [2.24, 2.45) is 23.5 Å². The number of nitrogens with one attached hydrogen (secondary N) is 2. The van der Waals surface area contributed by atoms with Crippen LogP contribution in [-0.2, 0) is 14.4 Å². The van der Waals surface area contributed by atoms with Gasteiger partial charge >= 0.3 is 0 Å². The van der Waals surface area contributed by atoms with Crippen LogP contribution in [0.3, 0.4) is 0 Å². The van der Waals surface area contributed by atoms with Crippen LogP contribution in [-0.4, -0.2) is 98.7 Å². The van der Waals surface area contributed by atoms with Gasteiger partial charge in [-0.3, -0.25) is 24.1 Å². The van der Waals surface area contributed by atoms with Gasteiger partial charge in [0, 0.05) is 11.5 Å². The highest BCUT2D eigenvalue weighted by molar-refractivity contribution is 6.25. The number of rotatable bonds is 7. The van der Waals surface area contributed by atoms with Crippen LogP contribution in [0.5, 0.6) is 5.75 Å². The number of amides is 2. The van der Waals surface area contributed by atoms with Gasteiger partial charge in [0.1, 0.15) is 17.1 Å². The Morgan fingerprint density at radius 1 is 1.12 bits per heavy atom. The van der Waals surface area contributed by atoms with Gasteiger partial charge in [-0.2, -0.15) is 0 Å². The molecule has 4 rings (SSSR count). The molecule has 0 spiro atoms. The number of carbonyl (C=O) groups excluding carboxylic acids is 4. The zero-order valence-electron chi connectivity index (χ0n) is 24.2. The Bertz CT molecular complexity index is 1410. The first-order valence-electron chi connectivity index (χ1n) is 13.3. The number of aliphatic hydroxyl groups is 4. The Labute approximate surface area is 260 Å². The zero-order chi connectivity index (χ0) is 30.7. The van der Waals surface area contributed by atoms with Gasteiger partial charge in [-0.25, -0.2) is 0 Å². The van der Waals surface area contributed by atoms with Gasteiger partial charge in [-0.05, 0) is 44.1 Å². The molecule has 0 heterocycles. The topological polar surface area (TPSA) is 223 Å². The molecule has 2 amide bonds. The van der Waals surface area contributed by atoms with Crippen LogP contribution in [0.4, 0.5) is 5.69 Å². The van der Waals surface area contributed by atoms with Crippen molar-refractivity contribution in [3.63, 3.8) is 0 Å². The molecule has 13 nitrogen and oxygen atoms in total. The lowest BCUT2D eigenvalue weighted by molar-refractivity contribution is -0.162. The first kappa shape index (κ1) is 36.0. The molecular formula is C28H38Cl2N4O9. The van der Waals surface area contributed by atoms with Gasteiger partial charge in [-0.15, -0.1) is 24.8 Å².